The number of nitrogens with zero attached hydrogens (tertiary/aromatic N) is 1. The lowest BCUT2D eigenvalue weighted by Crippen LogP contribution is -2.38. The number of benzene rings is 1. The van der Waals surface area contributed by atoms with Gasteiger partial charge in [-0.3, -0.25) is 0 Å². The van der Waals surface area contributed by atoms with Crippen LogP contribution in [0.1, 0.15) is 31.4 Å². The second-order valence-corrected chi connectivity index (χ2v) is 4.63. The van der Waals surface area contributed by atoms with Gasteiger partial charge in [0, 0.05) is 13.1 Å². The summed E-state index contributed by atoms with van der Waals surface area (Å²) in [6.07, 6.45) is 0.618. The molecule has 1 aliphatic heterocycles. The molecule has 1 aliphatic rings. The lowest BCUT2D eigenvalue weighted by atomic mass is 10.1. The Kier molecular flexibility index (Phi) is 3.64. The standard InChI is InChI=1S/C13H18FNO2/c1-9(16)10-4-5-13(12(14)7-10)15-6-2-3-11(17)8-15/h4-5,7,9,11,16-17H,2-3,6,8H2,1H3/t9-,11?/m0/s1. The van der Waals surface area contributed by atoms with E-state index in [4.69, 9.17) is 0 Å². The van der Waals surface area contributed by atoms with Crippen molar-refractivity contribution in [2.45, 2.75) is 32.0 Å². The molecule has 17 heavy (non-hydrogen) atoms. The predicted octanol–water partition coefficient (Wildman–Crippen LogP) is 1.84. The summed E-state index contributed by atoms with van der Waals surface area (Å²) >= 11 is 0. The highest BCUT2D eigenvalue weighted by Gasteiger charge is 2.20. The summed E-state index contributed by atoms with van der Waals surface area (Å²) in [4.78, 5) is 1.86. The van der Waals surface area contributed by atoms with Gasteiger partial charge in [0.1, 0.15) is 5.82 Å². The minimum absolute atomic E-state index is 0.336. The molecular formula is C13H18FNO2. The minimum Gasteiger partial charge on any atom is -0.391 e. The van der Waals surface area contributed by atoms with E-state index in [0.29, 0.717) is 17.8 Å². The van der Waals surface area contributed by atoms with Gasteiger partial charge in [-0.25, -0.2) is 4.39 Å². The van der Waals surface area contributed by atoms with E-state index in [0.717, 1.165) is 19.4 Å². The number of hydrogen-bond acceptors (Lipinski definition) is 3. The van der Waals surface area contributed by atoms with E-state index in [-0.39, 0.29) is 11.9 Å². The number of rotatable bonds is 2. The topological polar surface area (TPSA) is 43.7 Å². The van der Waals surface area contributed by atoms with Crippen LogP contribution in [0.15, 0.2) is 18.2 Å². The smallest absolute Gasteiger partial charge is 0.146 e. The van der Waals surface area contributed by atoms with Crippen LogP contribution in [0.3, 0.4) is 0 Å². The molecule has 0 radical (unpaired) electrons. The van der Waals surface area contributed by atoms with E-state index < -0.39 is 6.10 Å². The average molecular weight is 239 g/mol. The molecule has 0 saturated carbocycles. The number of anilines is 1. The van der Waals surface area contributed by atoms with Crippen molar-refractivity contribution in [2.24, 2.45) is 0 Å². The van der Waals surface area contributed by atoms with Gasteiger partial charge in [0.15, 0.2) is 0 Å². The van der Waals surface area contributed by atoms with E-state index in [2.05, 4.69) is 0 Å². The lowest BCUT2D eigenvalue weighted by molar-refractivity contribution is 0.154. The highest BCUT2D eigenvalue weighted by Crippen LogP contribution is 2.26. The Labute approximate surface area is 100 Å². The zero-order valence-electron chi connectivity index (χ0n) is 9.93. The van der Waals surface area contributed by atoms with Gasteiger partial charge in [0.25, 0.3) is 0 Å². The third kappa shape index (κ3) is 2.76. The van der Waals surface area contributed by atoms with Crippen LogP contribution in [-0.4, -0.2) is 29.4 Å². The molecule has 4 heteroatoms. The molecule has 1 saturated heterocycles. The largest absolute Gasteiger partial charge is 0.391 e. The highest BCUT2D eigenvalue weighted by molar-refractivity contribution is 5.50. The summed E-state index contributed by atoms with van der Waals surface area (Å²) in [6.45, 7) is 2.85. The van der Waals surface area contributed by atoms with Crippen LogP contribution in [0.5, 0.6) is 0 Å². The van der Waals surface area contributed by atoms with Gasteiger partial charge in [-0.05, 0) is 37.5 Å². The summed E-state index contributed by atoms with van der Waals surface area (Å²) in [7, 11) is 0. The Morgan fingerprint density at radius 2 is 2.24 bits per heavy atom. The SMILES string of the molecule is C[C@H](O)c1ccc(N2CCCC(O)C2)c(F)c1. The van der Waals surface area contributed by atoms with E-state index in [1.54, 1.807) is 19.1 Å². The van der Waals surface area contributed by atoms with Crippen LogP contribution in [0.2, 0.25) is 0 Å². The van der Waals surface area contributed by atoms with Crippen LogP contribution in [0.25, 0.3) is 0 Å². The van der Waals surface area contributed by atoms with Crippen molar-refractivity contribution in [2.75, 3.05) is 18.0 Å². The van der Waals surface area contributed by atoms with E-state index in [9.17, 15) is 14.6 Å². The fourth-order valence-corrected chi connectivity index (χ4v) is 2.21. The first-order valence-electron chi connectivity index (χ1n) is 5.98. The van der Waals surface area contributed by atoms with Gasteiger partial charge < -0.3 is 15.1 Å². The average Bonchev–Trinajstić information content (AvgIpc) is 2.28. The van der Waals surface area contributed by atoms with Gasteiger partial charge in [0.2, 0.25) is 0 Å². The first kappa shape index (κ1) is 12.3. The van der Waals surface area contributed by atoms with Gasteiger partial charge in [-0.1, -0.05) is 6.07 Å². The second-order valence-electron chi connectivity index (χ2n) is 4.63. The minimum atomic E-state index is -0.662. The Hall–Kier alpha value is -1.13. The number of aliphatic hydroxyl groups is 2. The van der Waals surface area contributed by atoms with E-state index >= 15 is 0 Å². The molecule has 3 nitrogen and oxygen atoms in total. The Morgan fingerprint density at radius 1 is 1.47 bits per heavy atom. The summed E-state index contributed by atoms with van der Waals surface area (Å²) in [5.74, 6) is -0.336. The maximum Gasteiger partial charge on any atom is 0.146 e. The van der Waals surface area contributed by atoms with E-state index in [1.165, 1.54) is 6.07 Å². The van der Waals surface area contributed by atoms with Gasteiger partial charge in [-0.15, -0.1) is 0 Å². The Bertz CT molecular complexity index is 395. The van der Waals surface area contributed by atoms with Crippen LogP contribution in [0.4, 0.5) is 10.1 Å². The molecule has 1 aromatic carbocycles. The number of halogens is 1. The molecule has 2 atom stereocenters. The first-order chi connectivity index (χ1) is 8.08. The number of aliphatic hydroxyl groups excluding tert-OH is 2. The maximum absolute atomic E-state index is 13.9. The Balaban J connectivity index is 2.21. The molecule has 0 aliphatic carbocycles. The molecule has 94 valence electrons. The fraction of sp³-hybridized carbons (Fsp3) is 0.538. The number of β-amino-alcohol motifs (C(OH)–C–C–N with tert-alkyl or cyclic N) is 1. The molecule has 1 unspecified atom stereocenters. The summed E-state index contributed by atoms with van der Waals surface area (Å²) < 4.78 is 13.9. The van der Waals surface area contributed by atoms with Crippen molar-refractivity contribution in [1.29, 1.82) is 0 Å². The normalized spacial score (nSPS) is 22.6. The Morgan fingerprint density at radius 3 is 2.82 bits per heavy atom. The highest BCUT2D eigenvalue weighted by atomic mass is 19.1. The predicted molar refractivity (Wildman–Crippen MR) is 64.5 cm³/mol. The monoisotopic (exact) mass is 239 g/mol. The van der Waals surface area contributed by atoms with Crippen molar-refractivity contribution in [3.63, 3.8) is 0 Å². The lowest BCUT2D eigenvalue weighted by Gasteiger charge is -2.32. The van der Waals surface area contributed by atoms with Crippen LogP contribution >= 0.6 is 0 Å². The molecule has 2 rings (SSSR count). The third-order valence-corrected chi connectivity index (χ3v) is 3.19. The molecule has 0 spiro atoms. The molecule has 0 bridgehead atoms. The van der Waals surface area contributed by atoms with Crippen molar-refractivity contribution in [3.8, 4) is 0 Å². The van der Waals surface area contributed by atoms with Gasteiger partial charge in [0.05, 0.1) is 17.9 Å². The van der Waals surface area contributed by atoms with Gasteiger partial charge >= 0.3 is 0 Å². The third-order valence-electron chi connectivity index (χ3n) is 3.19. The fourth-order valence-electron chi connectivity index (χ4n) is 2.21. The van der Waals surface area contributed by atoms with Gasteiger partial charge in [-0.2, -0.15) is 0 Å². The summed E-state index contributed by atoms with van der Waals surface area (Å²) in [5.41, 5.74) is 1.08. The molecule has 0 aromatic heterocycles. The van der Waals surface area contributed by atoms with E-state index in [1.807, 2.05) is 4.90 Å². The molecule has 0 amide bonds. The van der Waals surface area contributed by atoms with Crippen molar-refractivity contribution < 1.29 is 14.6 Å². The zero-order chi connectivity index (χ0) is 12.4. The van der Waals surface area contributed by atoms with Crippen LogP contribution in [0, 0.1) is 5.82 Å². The summed E-state index contributed by atoms with van der Waals surface area (Å²) in [5, 5.41) is 18.9. The molecular weight excluding hydrogens is 221 g/mol. The summed E-state index contributed by atoms with van der Waals surface area (Å²) in [6, 6.07) is 4.76. The molecule has 2 N–H and O–H groups in total. The number of piperidine rings is 1. The second kappa shape index (κ2) is 5.02. The van der Waals surface area contributed by atoms with Crippen molar-refractivity contribution >= 4 is 5.69 Å². The zero-order valence-corrected chi connectivity index (χ0v) is 9.93. The van der Waals surface area contributed by atoms with Crippen LogP contribution in [-0.2, 0) is 0 Å². The van der Waals surface area contributed by atoms with Crippen molar-refractivity contribution in [1.82, 2.24) is 0 Å². The quantitative estimate of drug-likeness (QED) is 0.827. The molecule has 1 heterocycles. The number of hydrogen-bond donors (Lipinski definition) is 2. The van der Waals surface area contributed by atoms with Crippen LogP contribution < -0.4 is 4.90 Å². The molecule has 1 fully saturated rings. The van der Waals surface area contributed by atoms with Crippen molar-refractivity contribution in [3.05, 3.63) is 29.6 Å². The maximum atomic E-state index is 13.9. The molecule has 1 aromatic rings. The first-order valence-corrected chi connectivity index (χ1v) is 5.98.